The van der Waals surface area contributed by atoms with E-state index < -0.39 is 0 Å². The van der Waals surface area contributed by atoms with Gasteiger partial charge in [-0.3, -0.25) is 0 Å². The Morgan fingerprint density at radius 2 is 2.08 bits per heavy atom. The van der Waals surface area contributed by atoms with Gasteiger partial charge in [0.2, 0.25) is 0 Å². The Labute approximate surface area is 78.7 Å². The molecule has 1 aliphatic carbocycles. The van der Waals surface area contributed by atoms with Crippen LogP contribution >= 0.6 is 0 Å². The van der Waals surface area contributed by atoms with Crippen molar-refractivity contribution in [1.29, 1.82) is 0 Å². The zero-order valence-electron chi connectivity index (χ0n) is 7.99. The first-order valence-electron chi connectivity index (χ1n) is 4.49. The maximum atomic E-state index is 2.16. The molecular formula is C12H13N. The Bertz CT molecular complexity index is 409. The van der Waals surface area contributed by atoms with Crippen molar-refractivity contribution in [3.05, 3.63) is 42.1 Å². The molecule has 0 aromatic rings. The zero-order valence-corrected chi connectivity index (χ0v) is 7.99. The molecule has 0 amide bonds. The summed E-state index contributed by atoms with van der Waals surface area (Å²) in [5.74, 6) is 0. The molecule has 1 heteroatoms. The number of rotatable bonds is 1. The van der Waals surface area contributed by atoms with E-state index in [1.165, 1.54) is 16.8 Å². The molecule has 1 heterocycles. The van der Waals surface area contributed by atoms with E-state index in [-0.39, 0.29) is 0 Å². The first kappa shape index (κ1) is 8.11. The van der Waals surface area contributed by atoms with E-state index in [1.54, 1.807) is 0 Å². The van der Waals surface area contributed by atoms with E-state index >= 15 is 0 Å². The lowest BCUT2D eigenvalue weighted by Crippen LogP contribution is -1.94. The predicted molar refractivity (Wildman–Crippen MR) is 56.7 cm³/mol. The van der Waals surface area contributed by atoms with Crippen LogP contribution in [0.25, 0.3) is 17.3 Å². The molecule has 13 heavy (non-hydrogen) atoms. The highest BCUT2D eigenvalue weighted by molar-refractivity contribution is 5.75. The minimum absolute atomic E-state index is 1.29. The third-order valence-electron chi connectivity index (χ3n) is 2.27. The third kappa shape index (κ3) is 1.26. The second-order valence-electron chi connectivity index (χ2n) is 3.21. The molecule has 0 saturated heterocycles. The van der Waals surface area contributed by atoms with Crippen LogP contribution in [-0.4, -0.2) is 4.57 Å². The van der Waals surface area contributed by atoms with Crippen LogP contribution in [0.1, 0.15) is 12.5 Å². The van der Waals surface area contributed by atoms with E-state index in [2.05, 4.69) is 54.2 Å². The monoisotopic (exact) mass is 171 g/mol. The van der Waals surface area contributed by atoms with Crippen molar-refractivity contribution in [2.45, 2.75) is 6.92 Å². The van der Waals surface area contributed by atoms with Crippen LogP contribution in [0.2, 0.25) is 0 Å². The lowest BCUT2D eigenvalue weighted by molar-refractivity contribution is 0.915. The molecule has 1 aliphatic heterocycles. The summed E-state index contributed by atoms with van der Waals surface area (Å²) in [4.78, 5) is 0. The molecule has 0 atom stereocenters. The fourth-order valence-corrected chi connectivity index (χ4v) is 1.71. The molecule has 0 saturated carbocycles. The van der Waals surface area contributed by atoms with Crippen molar-refractivity contribution in [3.8, 4) is 11.3 Å². The highest BCUT2D eigenvalue weighted by Gasteiger charge is 2.07. The van der Waals surface area contributed by atoms with Crippen LogP contribution in [0.5, 0.6) is 0 Å². The second-order valence-corrected chi connectivity index (χ2v) is 3.21. The maximum Gasteiger partial charge on any atom is 0.0550 e. The van der Waals surface area contributed by atoms with Crippen molar-refractivity contribution in [2.75, 3.05) is 0 Å². The summed E-state index contributed by atoms with van der Waals surface area (Å²) in [7, 11) is 2.08. The number of allylic oxidation sites excluding steroid dienone is 1. The van der Waals surface area contributed by atoms with Crippen molar-refractivity contribution < 1.29 is 0 Å². The van der Waals surface area contributed by atoms with Crippen molar-refractivity contribution >= 4 is 6.08 Å². The molecule has 0 spiro atoms. The number of hydrogen-bond acceptors (Lipinski definition) is 0. The van der Waals surface area contributed by atoms with Gasteiger partial charge >= 0.3 is 0 Å². The van der Waals surface area contributed by atoms with Crippen LogP contribution in [0, 0.1) is 0 Å². The van der Waals surface area contributed by atoms with Crippen LogP contribution in [0.3, 0.4) is 0 Å². The summed E-state index contributed by atoms with van der Waals surface area (Å²) < 4.78 is 2.16. The fourth-order valence-electron chi connectivity index (χ4n) is 1.71. The zero-order chi connectivity index (χ0) is 9.26. The largest absolute Gasteiger partial charge is 0.350 e. The number of aromatic nitrogens is 1. The third-order valence-corrected chi connectivity index (χ3v) is 2.27. The highest BCUT2D eigenvalue weighted by atomic mass is 14.9. The summed E-state index contributed by atoms with van der Waals surface area (Å²) in [5.41, 5.74) is 3.90. The number of aryl methyl sites for hydroxylation is 1. The normalized spacial score (nSPS) is 11.5. The number of hydrogen-bond donors (Lipinski definition) is 0. The summed E-state index contributed by atoms with van der Waals surface area (Å²) >= 11 is 0. The standard InChI is InChI=1S/C12H13N/c1-3-5-10-7-8-11-6-4-9-13(2)12(10)11/h3-9H,1-2H3/b5-3+. The van der Waals surface area contributed by atoms with E-state index in [1.807, 2.05) is 6.92 Å². The molecule has 0 N–H and O–H groups in total. The maximum absolute atomic E-state index is 2.16. The van der Waals surface area contributed by atoms with Gasteiger partial charge in [0.15, 0.2) is 0 Å². The van der Waals surface area contributed by atoms with Crippen molar-refractivity contribution in [3.63, 3.8) is 0 Å². The Hall–Kier alpha value is -1.50. The lowest BCUT2D eigenvalue weighted by atomic mass is 10.1. The summed E-state index contributed by atoms with van der Waals surface area (Å²) in [6, 6.07) is 8.53. The molecule has 0 aromatic heterocycles. The van der Waals surface area contributed by atoms with Gasteiger partial charge in [-0.2, -0.15) is 0 Å². The summed E-state index contributed by atoms with van der Waals surface area (Å²) in [6.07, 6.45) is 6.29. The lowest BCUT2D eigenvalue weighted by Gasteiger charge is -2.07. The molecule has 0 unspecified atom stereocenters. The first-order chi connectivity index (χ1) is 6.33. The van der Waals surface area contributed by atoms with Crippen LogP contribution in [0.4, 0.5) is 0 Å². The second kappa shape index (κ2) is 3.09. The van der Waals surface area contributed by atoms with Crippen LogP contribution in [-0.2, 0) is 7.05 Å². The molecule has 0 radical (unpaired) electrons. The van der Waals surface area contributed by atoms with E-state index in [4.69, 9.17) is 0 Å². The molecule has 1 nitrogen and oxygen atoms in total. The minimum atomic E-state index is 1.29. The highest BCUT2D eigenvalue weighted by Crippen LogP contribution is 2.27. The van der Waals surface area contributed by atoms with Gasteiger partial charge in [0.05, 0.1) is 5.69 Å². The smallest absolute Gasteiger partial charge is 0.0550 e. The van der Waals surface area contributed by atoms with Gasteiger partial charge in [-0.25, -0.2) is 0 Å². The quantitative estimate of drug-likeness (QED) is 0.621. The van der Waals surface area contributed by atoms with Crippen LogP contribution < -0.4 is 0 Å². The number of pyridine rings is 1. The number of fused-ring (bicyclic) bond motifs is 1. The molecule has 2 aliphatic rings. The first-order valence-corrected chi connectivity index (χ1v) is 4.49. The minimum Gasteiger partial charge on any atom is -0.350 e. The topological polar surface area (TPSA) is 4.93 Å². The van der Waals surface area contributed by atoms with Gasteiger partial charge in [-0.1, -0.05) is 30.4 Å². The SMILES string of the molecule is C/C=C/c1ccc2cccn(C)c1-2. The molecule has 0 bridgehead atoms. The average Bonchev–Trinajstić information content (AvgIpc) is 2.51. The summed E-state index contributed by atoms with van der Waals surface area (Å²) in [6.45, 7) is 2.04. The van der Waals surface area contributed by atoms with Gasteiger partial charge in [-0.05, 0) is 24.1 Å². The van der Waals surface area contributed by atoms with E-state index in [0.717, 1.165) is 0 Å². The fraction of sp³-hybridized carbons (Fsp3) is 0.167. The Balaban J connectivity index is 2.68. The predicted octanol–water partition coefficient (Wildman–Crippen LogP) is 3.16. The summed E-state index contributed by atoms with van der Waals surface area (Å²) in [5, 5.41) is 0. The van der Waals surface area contributed by atoms with E-state index in [0.29, 0.717) is 0 Å². The van der Waals surface area contributed by atoms with Crippen LogP contribution in [0.15, 0.2) is 36.5 Å². The van der Waals surface area contributed by atoms with E-state index in [9.17, 15) is 0 Å². The Morgan fingerprint density at radius 3 is 2.85 bits per heavy atom. The molecule has 2 rings (SSSR count). The number of nitrogens with zero attached hydrogens (tertiary/aromatic N) is 1. The Kier molecular flexibility index (Phi) is 1.93. The van der Waals surface area contributed by atoms with Crippen molar-refractivity contribution in [1.82, 2.24) is 4.57 Å². The average molecular weight is 171 g/mol. The van der Waals surface area contributed by atoms with Gasteiger partial charge < -0.3 is 4.57 Å². The molecule has 66 valence electrons. The molecular weight excluding hydrogens is 158 g/mol. The van der Waals surface area contributed by atoms with Gasteiger partial charge in [0.25, 0.3) is 0 Å². The van der Waals surface area contributed by atoms with Gasteiger partial charge in [0.1, 0.15) is 0 Å². The van der Waals surface area contributed by atoms with Gasteiger partial charge in [-0.15, -0.1) is 0 Å². The Morgan fingerprint density at radius 1 is 1.23 bits per heavy atom. The molecule has 0 aromatic carbocycles. The molecule has 0 fully saturated rings. The van der Waals surface area contributed by atoms with Gasteiger partial charge in [0, 0.05) is 13.2 Å². The van der Waals surface area contributed by atoms with Crippen molar-refractivity contribution in [2.24, 2.45) is 7.05 Å².